The molecule has 0 amide bonds. The van der Waals surface area contributed by atoms with Gasteiger partial charge in [-0.15, -0.1) is 0 Å². The maximum atomic E-state index is 4.44. The van der Waals surface area contributed by atoms with Gasteiger partial charge in [-0.25, -0.2) is 0 Å². The summed E-state index contributed by atoms with van der Waals surface area (Å²) in [4.78, 5) is 8.88. The van der Waals surface area contributed by atoms with Gasteiger partial charge in [-0.05, 0) is 55.3 Å². The van der Waals surface area contributed by atoms with E-state index in [9.17, 15) is 0 Å². The van der Waals surface area contributed by atoms with Crippen molar-refractivity contribution in [2.45, 2.75) is 13.8 Å². The molecule has 0 N–H and O–H groups in total. The minimum absolute atomic E-state index is 1.000. The molecule has 20 heavy (non-hydrogen) atoms. The second-order valence-electron chi connectivity index (χ2n) is 5.02. The first-order valence-electron chi connectivity index (χ1n) is 6.68. The Morgan fingerprint density at radius 1 is 0.650 bits per heavy atom. The molecule has 3 rings (SSSR count). The second kappa shape index (κ2) is 5.25. The smallest absolute Gasteiger partial charge is 0.0704 e. The fraction of sp³-hybridized carbons (Fsp3) is 0.111. The highest BCUT2D eigenvalue weighted by atomic mass is 14.7. The molecule has 0 spiro atoms. The van der Waals surface area contributed by atoms with Crippen molar-refractivity contribution in [3.63, 3.8) is 0 Å². The maximum absolute atomic E-state index is 4.44. The van der Waals surface area contributed by atoms with Gasteiger partial charge in [-0.3, -0.25) is 9.97 Å². The average molecular weight is 260 g/mol. The lowest BCUT2D eigenvalue weighted by Gasteiger charge is -2.06. The van der Waals surface area contributed by atoms with E-state index < -0.39 is 0 Å². The number of hydrogen-bond acceptors (Lipinski definition) is 2. The summed E-state index contributed by atoms with van der Waals surface area (Å²) in [5, 5.41) is 0. The summed E-state index contributed by atoms with van der Waals surface area (Å²) in [6.07, 6.45) is 3.70. The number of nitrogens with zero attached hydrogens (tertiary/aromatic N) is 2. The molecule has 2 heterocycles. The molecule has 0 saturated heterocycles. The van der Waals surface area contributed by atoms with Gasteiger partial charge in [0.25, 0.3) is 0 Å². The quantitative estimate of drug-likeness (QED) is 0.681. The minimum Gasteiger partial charge on any atom is -0.256 e. The monoisotopic (exact) mass is 260 g/mol. The zero-order valence-corrected chi connectivity index (χ0v) is 11.7. The van der Waals surface area contributed by atoms with Gasteiger partial charge in [0, 0.05) is 23.5 Å². The Morgan fingerprint density at radius 3 is 1.60 bits per heavy atom. The van der Waals surface area contributed by atoms with Crippen LogP contribution in [0.1, 0.15) is 11.1 Å². The van der Waals surface area contributed by atoms with Crippen LogP contribution in [0, 0.1) is 13.8 Å². The van der Waals surface area contributed by atoms with E-state index in [0.29, 0.717) is 0 Å². The van der Waals surface area contributed by atoms with E-state index in [4.69, 9.17) is 0 Å². The van der Waals surface area contributed by atoms with Crippen LogP contribution in [0.4, 0.5) is 0 Å². The number of aryl methyl sites for hydroxylation is 2. The maximum Gasteiger partial charge on any atom is 0.0704 e. The van der Waals surface area contributed by atoms with Gasteiger partial charge in [0.2, 0.25) is 0 Å². The Hall–Kier alpha value is -2.48. The van der Waals surface area contributed by atoms with Crippen molar-refractivity contribution in [1.29, 1.82) is 0 Å². The van der Waals surface area contributed by atoms with Gasteiger partial charge >= 0.3 is 0 Å². The van der Waals surface area contributed by atoms with Crippen molar-refractivity contribution in [2.24, 2.45) is 0 Å². The van der Waals surface area contributed by atoms with E-state index in [1.165, 1.54) is 11.1 Å². The minimum atomic E-state index is 1.000. The van der Waals surface area contributed by atoms with E-state index in [1.54, 1.807) is 0 Å². The molecule has 1 aromatic carbocycles. The predicted octanol–water partition coefficient (Wildman–Crippen LogP) is 4.43. The first kappa shape index (κ1) is 12.5. The first-order valence-corrected chi connectivity index (χ1v) is 6.68. The Morgan fingerprint density at radius 2 is 1.15 bits per heavy atom. The summed E-state index contributed by atoms with van der Waals surface area (Å²) < 4.78 is 0. The molecule has 0 unspecified atom stereocenters. The first-order chi connectivity index (χ1) is 9.72. The van der Waals surface area contributed by atoms with Crippen LogP contribution in [0.25, 0.3) is 22.5 Å². The van der Waals surface area contributed by atoms with Gasteiger partial charge in [-0.2, -0.15) is 0 Å². The summed E-state index contributed by atoms with van der Waals surface area (Å²) >= 11 is 0. The Labute approximate surface area is 119 Å². The Bertz CT molecular complexity index is 687. The molecule has 2 aromatic heterocycles. The molecule has 0 aliphatic carbocycles. The Kier molecular flexibility index (Phi) is 3.30. The highest BCUT2D eigenvalue weighted by molar-refractivity contribution is 5.69. The molecule has 2 nitrogen and oxygen atoms in total. The molecule has 2 heteroatoms. The van der Waals surface area contributed by atoms with E-state index in [1.807, 2.05) is 24.5 Å². The van der Waals surface area contributed by atoms with Gasteiger partial charge in [0.15, 0.2) is 0 Å². The topological polar surface area (TPSA) is 25.8 Å². The molecule has 0 aliphatic rings. The highest BCUT2D eigenvalue weighted by Crippen LogP contribution is 2.24. The number of aromatic nitrogens is 2. The van der Waals surface area contributed by atoms with Crippen LogP contribution in [0.2, 0.25) is 0 Å². The van der Waals surface area contributed by atoms with Gasteiger partial charge in [-0.1, -0.05) is 18.2 Å². The van der Waals surface area contributed by atoms with Crippen molar-refractivity contribution in [1.82, 2.24) is 9.97 Å². The zero-order valence-electron chi connectivity index (χ0n) is 11.7. The molecule has 0 aliphatic heterocycles. The molecule has 0 radical (unpaired) electrons. The van der Waals surface area contributed by atoms with Crippen molar-refractivity contribution in [2.75, 3.05) is 0 Å². The average Bonchev–Trinajstić information content (AvgIpc) is 2.47. The van der Waals surface area contributed by atoms with Crippen LogP contribution in [-0.4, -0.2) is 9.97 Å². The van der Waals surface area contributed by atoms with Crippen LogP contribution >= 0.6 is 0 Å². The standard InChI is InChI=1S/C18H16N2/c1-13-6-8-19-17(10-13)15-4-3-5-16(12-15)18-11-14(2)7-9-20-18/h3-12H,1-2H3. The van der Waals surface area contributed by atoms with Crippen molar-refractivity contribution in [3.05, 3.63) is 72.1 Å². The van der Waals surface area contributed by atoms with Crippen LogP contribution < -0.4 is 0 Å². The second-order valence-corrected chi connectivity index (χ2v) is 5.02. The molecule has 0 saturated carbocycles. The lowest BCUT2D eigenvalue weighted by molar-refractivity contribution is 1.27. The van der Waals surface area contributed by atoms with Crippen LogP contribution in [-0.2, 0) is 0 Å². The number of hydrogen-bond donors (Lipinski definition) is 0. The molecular formula is C18H16N2. The molecule has 98 valence electrons. The van der Waals surface area contributed by atoms with Crippen LogP contribution in [0.3, 0.4) is 0 Å². The van der Waals surface area contributed by atoms with Gasteiger partial charge in [0.05, 0.1) is 11.4 Å². The summed E-state index contributed by atoms with van der Waals surface area (Å²) in [5.74, 6) is 0. The Balaban J connectivity index is 2.06. The lowest BCUT2D eigenvalue weighted by atomic mass is 10.0. The van der Waals surface area contributed by atoms with Gasteiger partial charge < -0.3 is 0 Å². The van der Waals surface area contributed by atoms with E-state index in [-0.39, 0.29) is 0 Å². The fourth-order valence-electron chi connectivity index (χ4n) is 2.23. The molecule has 0 bridgehead atoms. The van der Waals surface area contributed by atoms with Crippen LogP contribution in [0.5, 0.6) is 0 Å². The normalized spacial score (nSPS) is 10.5. The highest BCUT2D eigenvalue weighted by Gasteiger charge is 2.04. The van der Waals surface area contributed by atoms with Crippen molar-refractivity contribution in [3.8, 4) is 22.5 Å². The molecule has 0 fully saturated rings. The molecular weight excluding hydrogens is 244 g/mol. The third-order valence-corrected chi connectivity index (χ3v) is 3.28. The van der Waals surface area contributed by atoms with E-state index in [2.05, 4.69) is 60.2 Å². The summed E-state index contributed by atoms with van der Waals surface area (Å²) in [7, 11) is 0. The number of rotatable bonds is 2. The predicted molar refractivity (Wildman–Crippen MR) is 82.4 cm³/mol. The summed E-state index contributed by atoms with van der Waals surface area (Å²) in [5.41, 5.74) is 6.67. The largest absolute Gasteiger partial charge is 0.256 e. The third-order valence-electron chi connectivity index (χ3n) is 3.28. The van der Waals surface area contributed by atoms with E-state index in [0.717, 1.165) is 22.5 Å². The third kappa shape index (κ3) is 2.59. The summed E-state index contributed by atoms with van der Waals surface area (Å²) in [6.45, 7) is 4.16. The number of benzene rings is 1. The molecule has 3 aromatic rings. The summed E-state index contributed by atoms with van der Waals surface area (Å²) in [6, 6.07) is 16.6. The van der Waals surface area contributed by atoms with Gasteiger partial charge in [0.1, 0.15) is 0 Å². The lowest BCUT2D eigenvalue weighted by Crippen LogP contribution is -1.87. The van der Waals surface area contributed by atoms with Crippen molar-refractivity contribution < 1.29 is 0 Å². The number of pyridine rings is 2. The van der Waals surface area contributed by atoms with Crippen LogP contribution in [0.15, 0.2) is 60.9 Å². The molecule has 0 atom stereocenters. The fourth-order valence-corrected chi connectivity index (χ4v) is 2.23. The SMILES string of the molecule is Cc1ccnc(-c2cccc(-c3cc(C)ccn3)c2)c1. The van der Waals surface area contributed by atoms with E-state index >= 15 is 0 Å². The van der Waals surface area contributed by atoms with Crippen molar-refractivity contribution >= 4 is 0 Å². The zero-order chi connectivity index (χ0) is 13.9.